The van der Waals surface area contributed by atoms with Crippen molar-refractivity contribution in [3.63, 3.8) is 0 Å². The van der Waals surface area contributed by atoms with E-state index < -0.39 is 14.8 Å². The molecule has 0 aromatic heterocycles. The summed E-state index contributed by atoms with van der Waals surface area (Å²) < 4.78 is 33.3. The molecule has 2 aliphatic carbocycles. The van der Waals surface area contributed by atoms with E-state index in [0.717, 1.165) is 37.0 Å². The van der Waals surface area contributed by atoms with Crippen LogP contribution in [0.15, 0.2) is 22.6 Å². The van der Waals surface area contributed by atoms with Crippen molar-refractivity contribution < 1.29 is 17.9 Å². The predicted octanol–water partition coefficient (Wildman–Crippen LogP) is 3.17. The van der Waals surface area contributed by atoms with Crippen LogP contribution in [-0.2, 0) is 27.6 Å². The fourth-order valence-electron chi connectivity index (χ4n) is 3.66. The van der Waals surface area contributed by atoms with E-state index in [2.05, 4.69) is 4.40 Å². The molecule has 0 N–H and O–H groups in total. The number of methoxy groups -OCH3 is 1. The van der Waals surface area contributed by atoms with E-state index in [9.17, 15) is 13.2 Å². The van der Waals surface area contributed by atoms with Gasteiger partial charge in [0, 0.05) is 17.5 Å². The highest BCUT2D eigenvalue weighted by molar-refractivity contribution is 7.91. The lowest BCUT2D eigenvalue weighted by molar-refractivity contribution is 0.0600. The molecule has 1 fully saturated rings. The number of hydrogen-bond donors (Lipinski definition) is 0. The molecule has 0 spiro atoms. The van der Waals surface area contributed by atoms with Gasteiger partial charge in [-0.15, -0.1) is 0 Å². The second-order valence-electron chi connectivity index (χ2n) is 7.96. The summed E-state index contributed by atoms with van der Waals surface area (Å²) in [5.41, 5.74) is 3.65. The Morgan fingerprint density at radius 1 is 1.12 bits per heavy atom. The summed E-state index contributed by atoms with van der Waals surface area (Å²) in [6, 6.07) is 5.64. The van der Waals surface area contributed by atoms with Gasteiger partial charge in [-0.2, -0.15) is 4.40 Å². The lowest BCUT2D eigenvalue weighted by Crippen LogP contribution is -2.28. The molecule has 136 valence electrons. The normalized spacial score (nSPS) is 24.7. The minimum Gasteiger partial charge on any atom is -0.465 e. The lowest BCUT2D eigenvalue weighted by Gasteiger charge is -2.18. The average molecular weight is 363 g/mol. The Balaban J connectivity index is 1.98. The molecular formula is C19H25NO4S. The van der Waals surface area contributed by atoms with Crippen molar-refractivity contribution in [3.05, 3.63) is 34.9 Å². The molecule has 5 nitrogen and oxygen atoms in total. The highest BCUT2D eigenvalue weighted by Gasteiger charge is 2.39. The SMILES string of the molecule is COC(=O)c1ccc2c(c1)C[C@H]1CC[C@@H](C2)/C1=N/S(=O)(=O)C(C)(C)C. The predicted molar refractivity (Wildman–Crippen MR) is 97.5 cm³/mol. The van der Waals surface area contributed by atoms with Gasteiger partial charge >= 0.3 is 5.97 Å². The fourth-order valence-corrected chi connectivity index (χ4v) is 4.51. The van der Waals surface area contributed by atoms with Crippen LogP contribution in [0.3, 0.4) is 0 Å². The first-order valence-electron chi connectivity index (χ1n) is 8.67. The maximum absolute atomic E-state index is 12.6. The van der Waals surface area contributed by atoms with Crippen LogP contribution in [0.2, 0.25) is 0 Å². The first-order chi connectivity index (χ1) is 11.6. The minimum absolute atomic E-state index is 0.135. The molecule has 25 heavy (non-hydrogen) atoms. The van der Waals surface area contributed by atoms with Crippen molar-refractivity contribution in [2.24, 2.45) is 16.2 Å². The molecule has 2 aliphatic rings. The number of nitrogens with zero attached hydrogens (tertiary/aromatic N) is 1. The van der Waals surface area contributed by atoms with Crippen LogP contribution in [0.5, 0.6) is 0 Å². The number of hydrogen-bond acceptors (Lipinski definition) is 4. The van der Waals surface area contributed by atoms with Crippen molar-refractivity contribution in [3.8, 4) is 0 Å². The third-order valence-electron chi connectivity index (χ3n) is 5.26. The molecule has 2 bridgehead atoms. The van der Waals surface area contributed by atoms with Gasteiger partial charge in [-0.05, 0) is 69.7 Å². The van der Waals surface area contributed by atoms with Crippen molar-refractivity contribution in [1.29, 1.82) is 0 Å². The zero-order valence-electron chi connectivity index (χ0n) is 15.2. The zero-order chi connectivity index (χ0) is 18.4. The lowest BCUT2D eigenvalue weighted by atomic mass is 9.92. The standard InChI is InChI=1S/C19H25NO4S/c1-19(2,3)25(22,23)20-17-13-6-7-14(17)10-16-11-15(18(21)24-4)8-5-12(16)9-13/h5,8,11,13-14H,6-7,9-10H2,1-4H3/b20-17-/t13-,14+/m0/s1. The Hall–Kier alpha value is -1.69. The van der Waals surface area contributed by atoms with Crippen molar-refractivity contribution in [2.45, 2.75) is 51.2 Å². The number of esters is 1. The van der Waals surface area contributed by atoms with E-state index in [-0.39, 0.29) is 17.8 Å². The smallest absolute Gasteiger partial charge is 0.337 e. The van der Waals surface area contributed by atoms with Gasteiger partial charge in [-0.1, -0.05) is 6.07 Å². The summed E-state index contributed by atoms with van der Waals surface area (Å²) in [6.45, 7) is 5.05. The van der Waals surface area contributed by atoms with E-state index >= 15 is 0 Å². The molecule has 1 aromatic rings. The van der Waals surface area contributed by atoms with E-state index in [1.54, 1.807) is 26.8 Å². The molecule has 0 saturated heterocycles. The maximum atomic E-state index is 12.6. The molecule has 3 rings (SSSR count). The third-order valence-corrected chi connectivity index (χ3v) is 7.26. The minimum atomic E-state index is -3.54. The van der Waals surface area contributed by atoms with E-state index in [1.165, 1.54) is 12.7 Å². The molecular weight excluding hydrogens is 338 g/mol. The first-order valence-corrected chi connectivity index (χ1v) is 10.1. The molecule has 0 heterocycles. The summed E-state index contributed by atoms with van der Waals surface area (Å²) >= 11 is 0. The van der Waals surface area contributed by atoms with Crippen molar-refractivity contribution in [1.82, 2.24) is 0 Å². The van der Waals surface area contributed by atoms with Gasteiger partial charge in [0.15, 0.2) is 0 Å². The summed E-state index contributed by atoms with van der Waals surface area (Å²) in [5.74, 6) is -0.0370. The molecule has 2 atom stereocenters. The molecule has 6 heteroatoms. The number of fused-ring (bicyclic) bond motifs is 3. The molecule has 0 aliphatic heterocycles. The van der Waals surface area contributed by atoms with E-state index in [4.69, 9.17) is 4.74 Å². The average Bonchev–Trinajstić information content (AvgIpc) is 2.79. The Morgan fingerprint density at radius 3 is 2.28 bits per heavy atom. The van der Waals surface area contributed by atoms with Gasteiger partial charge in [0.1, 0.15) is 0 Å². The highest BCUT2D eigenvalue weighted by atomic mass is 32.2. The molecule has 0 unspecified atom stereocenters. The molecule has 1 aromatic carbocycles. The van der Waals surface area contributed by atoms with Gasteiger partial charge in [0.25, 0.3) is 10.0 Å². The van der Waals surface area contributed by atoms with Crippen molar-refractivity contribution >= 4 is 21.7 Å². The van der Waals surface area contributed by atoms with Crippen LogP contribution >= 0.6 is 0 Å². The first kappa shape index (κ1) is 18.1. The second kappa shape index (κ2) is 6.24. The third kappa shape index (κ3) is 3.36. The molecule has 0 amide bonds. The van der Waals surface area contributed by atoms with Crippen LogP contribution < -0.4 is 0 Å². The Morgan fingerprint density at radius 2 is 1.72 bits per heavy atom. The quantitative estimate of drug-likeness (QED) is 0.757. The van der Waals surface area contributed by atoms with Crippen LogP contribution in [0.1, 0.15) is 55.1 Å². The topological polar surface area (TPSA) is 72.8 Å². The van der Waals surface area contributed by atoms with Gasteiger partial charge in [-0.25, -0.2) is 13.2 Å². The number of benzene rings is 1. The van der Waals surface area contributed by atoms with Crippen LogP contribution in [0.25, 0.3) is 0 Å². The fraction of sp³-hybridized carbons (Fsp3) is 0.579. The van der Waals surface area contributed by atoms with Gasteiger partial charge in [0.2, 0.25) is 0 Å². The van der Waals surface area contributed by atoms with Gasteiger partial charge in [-0.3, -0.25) is 0 Å². The summed E-state index contributed by atoms with van der Waals surface area (Å²) in [7, 11) is -2.17. The maximum Gasteiger partial charge on any atom is 0.337 e. The second-order valence-corrected chi connectivity index (χ2v) is 10.3. The largest absolute Gasteiger partial charge is 0.465 e. The number of rotatable bonds is 2. The van der Waals surface area contributed by atoms with Gasteiger partial charge < -0.3 is 4.74 Å². The van der Waals surface area contributed by atoms with Crippen LogP contribution in [-0.4, -0.2) is 32.0 Å². The number of ether oxygens (including phenoxy) is 1. The van der Waals surface area contributed by atoms with Crippen molar-refractivity contribution in [2.75, 3.05) is 7.11 Å². The Labute approximate surface area is 149 Å². The van der Waals surface area contributed by atoms with E-state index in [1.807, 2.05) is 12.1 Å². The zero-order valence-corrected chi connectivity index (χ0v) is 16.0. The number of carbonyl (C=O) groups excluding carboxylic acids is 1. The monoisotopic (exact) mass is 363 g/mol. The van der Waals surface area contributed by atoms with Gasteiger partial charge in [0.05, 0.1) is 17.4 Å². The Bertz CT molecular complexity index is 833. The van der Waals surface area contributed by atoms with Crippen LogP contribution in [0.4, 0.5) is 0 Å². The highest BCUT2D eigenvalue weighted by Crippen LogP contribution is 2.39. The summed E-state index contributed by atoms with van der Waals surface area (Å²) in [6.07, 6.45) is 3.44. The summed E-state index contributed by atoms with van der Waals surface area (Å²) in [4.78, 5) is 11.8. The summed E-state index contributed by atoms with van der Waals surface area (Å²) in [5, 5.41) is 0. The van der Waals surface area contributed by atoms with Crippen LogP contribution in [0, 0.1) is 11.8 Å². The number of carbonyl (C=O) groups is 1. The Kier molecular flexibility index (Phi) is 4.52. The molecule has 0 radical (unpaired) electrons. The number of sulfonamides is 1. The molecule has 1 saturated carbocycles. The van der Waals surface area contributed by atoms with E-state index in [0.29, 0.717) is 5.56 Å².